The van der Waals surface area contributed by atoms with Crippen molar-refractivity contribution in [1.82, 2.24) is 4.98 Å². The summed E-state index contributed by atoms with van der Waals surface area (Å²) in [6.07, 6.45) is 1.75. The number of ketones is 1. The third kappa shape index (κ3) is 3.43. The Bertz CT molecular complexity index is 1450. The van der Waals surface area contributed by atoms with Gasteiger partial charge in [-0.1, -0.05) is 59.6 Å². The maximum absolute atomic E-state index is 13.3. The van der Waals surface area contributed by atoms with E-state index in [0.29, 0.717) is 11.3 Å². The number of aliphatic hydroxyl groups excluding tert-OH is 1. The van der Waals surface area contributed by atoms with E-state index >= 15 is 0 Å². The Balaban J connectivity index is 1.78. The zero-order valence-electron chi connectivity index (χ0n) is 17.9. The van der Waals surface area contributed by atoms with Gasteiger partial charge < -0.3 is 14.8 Å². The normalized spacial score (nSPS) is 17.5. The third-order valence-electron chi connectivity index (χ3n) is 5.87. The fourth-order valence-electron chi connectivity index (χ4n) is 4.35. The molecular weight excluding hydrogens is 475 g/mol. The van der Waals surface area contributed by atoms with Gasteiger partial charge in [0.1, 0.15) is 5.76 Å². The van der Waals surface area contributed by atoms with Crippen molar-refractivity contribution in [2.45, 2.75) is 6.04 Å². The number of aromatic amines is 1. The van der Waals surface area contributed by atoms with Crippen molar-refractivity contribution >= 4 is 57.2 Å². The molecule has 1 fully saturated rings. The van der Waals surface area contributed by atoms with E-state index in [1.807, 2.05) is 30.3 Å². The van der Waals surface area contributed by atoms with Crippen LogP contribution < -0.4 is 9.64 Å². The van der Waals surface area contributed by atoms with Crippen molar-refractivity contribution in [3.05, 3.63) is 99.7 Å². The number of fused-ring (bicyclic) bond motifs is 1. The first-order chi connectivity index (χ1) is 16.4. The molecule has 1 unspecified atom stereocenters. The van der Waals surface area contributed by atoms with Crippen molar-refractivity contribution in [3.8, 4) is 5.75 Å². The number of carbonyl (C=O) groups excluding carboxylic acids is 2. The van der Waals surface area contributed by atoms with Crippen molar-refractivity contribution in [1.29, 1.82) is 0 Å². The predicted molar refractivity (Wildman–Crippen MR) is 133 cm³/mol. The fourth-order valence-corrected chi connectivity index (χ4v) is 4.99. The largest absolute Gasteiger partial charge is 0.507 e. The van der Waals surface area contributed by atoms with Gasteiger partial charge in [0.2, 0.25) is 0 Å². The van der Waals surface area contributed by atoms with Crippen molar-refractivity contribution in [2.75, 3.05) is 12.0 Å². The summed E-state index contributed by atoms with van der Waals surface area (Å²) in [6, 6.07) is 18.4. The van der Waals surface area contributed by atoms with E-state index in [9.17, 15) is 14.7 Å². The van der Waals surface area contributed by atoms with Crippen molar-refractivity contribution < 1.29 is 19.4 Å². The molecule has 1 atom stereocenters. The Hall–Kier alpha value is -3.74. The molecule has 0 bridgehead atoms. The highest BCUT2D eigenvalue weighted by molar-refractivity contribution is 6.52. The Labute approximate surface area is 205 Å². The molecular formula is C26H18Cl2N2O4. The molecule has 0 radical (unpaired) electrons. The summed E-state index contributed by atoms with van der Waals surface area (Å²) in [4.78, 5) is 31.2. The van der Waals surface area contributed by atoms with Crippen LogP contribution in [0.1, 0.15) is 17.2 Å². The van der Waals surface area contributed by atoms with Gasteiger partial charge in [-0.2, -0.15) is 0 Å². The zero-order valence-corrected chi connectivity index (χ0v) is 19.4. The highest BCUT2D eigenvalue weighted by Gasteiger charge is 2.47. The number of hydrogen-bond donors (Lipinski definition) is 2. The molecule has 1 aromatic heterocycles. The van der Waals surface area contributed by atoms with Gasteiger partial charge in [-0.3, -0.25) is 14.5 Å². The van der Waals surface area contributed by atoms with E-state index in [2.05, 4.69) is 4.98 Å². The maximum Gasteiger partial charge on any atom is 0.300 e. The molecule has 3 aromatic carbocycles. The molecule has 1 saturated heterocycles. The second-order valence-corrected chi connectivity index (χ2v) is 8.58. The van der Waals surface area contributed by atoms with Gasteiger partial charge in [0.05, 0.1) is 28.8 Å². The fraction of sp³-hybridized carbons (Fsp3) is 0.0769. The number of aromatic nitrogens is 1. The molecule has 2 N–H and O–H groups in total. The van der Waals surface area contributed by atoms with Crippen LogP contribution in [0, 0.1) is 0 Å². The zero-order chi connectivity index (χ0) is 24.0. The number of methoxy groups -OCH3 is 1. The molecule has 1 amide bonds. The summed E-state index contributed by atoms with van der Waals surface area (Å²) >= 11 is 12.6. The number of H-pyrrole nitrogens is 1. The second kappa shape index (κ2) is 8.56. The van der Waals surface area contributed by atoms with Crippen LogP contribution in [-0.4, -0.2) is 28.9 Å². The number of rotatable bonds is 4. The molecule has 0 saturated carbocycles. The first-order valence-electron chi connectivity index (χ1n) is 10.4. The van der Waals surface area contributed by atoms with Crippen LogP contribution in [0.4, 0.5) is 5.69 Å². The van der Waals surface area contributed by atoms with Gasteiger partial charge in [0, 0.05) is 33.9 Å². The predicted octanol–water partition coefficient (Wildman–Crippen LogP) is 6.11. The lowest BCUT2D eigenvalue weighted by Gasteiger charge is -2.25. The summed E-state index contributed by atoms with van der Waals surface area (Å²) in [6.45, 7) is 0. The minimum absolute atomic E-state index is 0.0593. The number of nitrogens with one attached hydrogen (secondary N) is 1. The van der Waals surface area contributed by atoms with Crippen LogP contribution in [0.15, 0.2) is 78.5 Å². The number of hydrogen-bond acceptors (Lipinski definition) is 4. The molecule has 4 aromatic rings. The number of carbonyl (C=O) groups is 2. The lowest BCUT2D eigenvalue weighted by molar-refractivity contribution is -0.132. The lowest BCUT2D eigenvalue weighted by Crippen LogP contribution is -2.29. The Kier molecular flexibility index (Phi) is 5.55. The molecule has 170 valence electrons. The highest BCUT2D eigenvalue weighted by atomic mass is 35.5. The van der Waals surface area contributed by atoms with E-state index in [0.717, 1.165) is 10.9 Å². The smallest absolute Gasteiger partial charge is 0.300 e. The average molecular weight is 493 g/mol. The van der Waals surface area contributed by atoms with Crippen molar-refractivity contribution in [2.24, 2.45) is 0 Å². The van der Waals surface area contributed by atoms with Crippen LogP contribution >= 0.6 is 23.2 Å². The average Bonchev–Trinajstić information content (AvgIpc) is 3.37. The lowest BCUT2D eigenvalue weighted by atomic mass is 9.94. The highest BCUT2D eigenvalue weighted by Crippen LogP contribution is 2.45. The van der Waals surface area contributed by atoms with Gasteiger partial charge in [0.15, 0.2) is 5.75 Å². The molecule has 0 spiro atoms. The molecule has 8 heteroatoms. The molecule has 2 heterocycles. The molecule has 34 heavy (non-hydrogen) atoms. The van der Waals surface area contributed by atoms with Crippen LogP contribution in [0.3, 0.4) is 0 Å². The van der Waals surface area contributed by atoms with Crippen LogP contribution in [0.5, 0.6) is 5.75 Å². The SMILES string of the molecule is COc1c(Cl)cc(/C(O)=C2\C(=O)C(=O)N(c3ccccc3)C2c2c[nH]c3ccccc23)cc1Cl. The first kappa shape index (κ1) is 22.1. The van der Waals surface area contributed by atoms with E-state index in [-0.39, 0.29) is 32.7 Å². The summed E-state index contributed by atoms with van der Waals surface area (Å²) in [5.74, 6) is -1.68. The standard InChI is InChI=1S/C26H18Cl2N2O4/c1-34-25-18(27)11-14(12-19(25)28)23(31)21-22(17-13-29-20-10-6-5-9-16(17)20)30(26(33)24(21)32)15-7-3-2-4-8-15/h2-13,22,29,31H,1H3/b23-21+. The second-order valence-electron chi connectivity index (χ2n) is 7.77. The molecule has 1 aliphatic heterocycles. The Morgan fingerprint density at radius 1 is 1.00 bits per heavy atom. The quantitative estimate of drug-likeness (QED) is 0.204. The summed E-state index contributed by atoms with van der Waals surface area (Å²) < 4.78 is 5.18. The monoisotopic (exact) mass is 492 g/mol. The van der Waals surface area contributed by atoms with Crippen molar-refractivity contribution in [3.63, 3.8) is 0 Å². The minimum Gasteiger partial charge on any atom is -0.507 e. The van der Waals surface area contributed by atoms with E-state index in [1.165, 1.54) is 24.1 Å². The van der Waals surface area contributed by atoms with Gasteiger partial charge in [-0.25, -0.2) is 0 Å². The van der Waals surface area contributed by atoms with Gasteiger partial charge in [-0.15, -0.1) is 0 Å². The number of nitrogens with zero attached hydrogens (tertiary/aromatic N) is 1. The molecule has 1 aliphatic rings. The van der Waals surface area contributed by atoms with E-state index in [1.54, 1.807) is 30.5 Å². The topological polar surface area (TPSA) is 82.6 Å². The number of amides is 1. The summed E-state index contributed by atoms with van der Waals surface area (Å²) in [5, 5.41) is 12.5. The van der Waals surface area contributed by atoms with Crippen LogP contribution in [0.2, 0.25) is 10.0 Å². The van der Waals surface area contributed by atoms with Gasteiger partial charge in [-0.05, 0) is 30.3 Å². The van der Waals surface area contributed by atoms with Crippen LogP contribution in [-0.2, 0) is 9.59 Å². The summed E-state index contributed by atoms with van der Waals surface area (Å²) in [5.41, 5.74) is 2.19. The number of halogens is 2. The maximum atomic E-state index is 13.3. The van der Waals surface area contributed by atoms with E-state index < -0.39 is 17.7 Å². The molecule has 5 rings (SSSR count). The first-order valence-corrected chi connectivity index (χ1v) is 11.1. The number of Topliss-reactive ketones (excluding diaryl/α,β-unsaturated/α-hetero) is 1. The Morgan fingerprint density at radius 2 is 1.65 bits per heavy atom. The molecule has 6 nitrogen and oxygen atoms in total. The number of benzene rings is 3. The Morgan fingerprint density at radius 3 is 2.32 bits per heavy atom. The summed E-state index contributed by atoms with van der Waals surface area (Å²) in [7, 11) is 1.43. The number of anilines is 1. The van der Waals surface area contributed by atoms with Gasteiger partial charge in [0.25, 0.3) is 11.7 Å². The van der Waals surface area contributed by atoms with Gasteiger partial charge >= 0.3 is 0 Å². The number of ether oxygens (including phenoxy) is 1. The third-order valence-corrected chi connectivity index (χ3v) is 6.43. The van der Waals surface area contributed by atoms with E-state index in [4.69, 9.17) is 27.9 Å². The molecule has 0 aliphatic carbocycles. The number of para-hydroxylation sites is 2. The number of aliphatic hydroxyl groups is 1. The minimum atomic E-state index is -0.877. The van der Waals surface area contributed by atoms with Crippen LogP contribution in [0.25, 0.3) is 16.7 Å².